The van der Waals surface area contributed by atoms with E-state index in [1.54, 1.807) is 44.2 Å². The minimum Gasteiger partial charge on any atom is -0.472 e. The third-order valence-electron chi connectivity index (χ3n) is 9.38. The molecule has 1 saturated heterocycles. The Hall–Kier alpha value is -4.00. The largest absolute Gasteiger partial charge is 0.472 e. The van der Waals surface area contributed by atoms with Gasteiger partial charge in [0.25, 0.3) is 0 Å². The minimum absolute atomic E-state index is 0.0182. The third-order valence-corrected chi connectivity index (χ3v) is 9.38. The molecule has 5 rings (SSSR count). The summed E-state index contributed by atoms with van der Waals surface area (Å²) in [6, 6.07) is 10.4. The number of benzene rings is 1. The van der Waals surface area contributed by atoms with Crippen LogP contribution in [0.4, 0.5) is 0 Å². The lowest BCUT2D eigenvalue weighted by molar-refractivity contribution is -0.348. The Morgan fingerprint density at radius 3 is 2.33 bits per heavy atom. The molecule has 0 radical (unpaired) electrons. The third kappa shape index (κ3) is 5.34. The first-order valence-corrected chi connectivity index (χ1v) is 14.7. The fourth-order valence-electron chi connectivity index (χ4n) is 7.66. The molecule has 0 unspecified atom stereocenters. The second-order valence-electron chi connectivity index (χ2n) is 12.6. The number of aliphatic hydroxyl groups is 2. The van der Waals surface area contributed by atoms with Gasteiger partial charge in [0.2, 0.25) is 0 Å². The Kier molecular flexibility index (Phi) is 8.45. The number of furan rings is 1. The highest BCUT2D eigenvalue weighted by molar-refractivity contribution is 5.89. The second kappa shape index (κ2) is 11.7. The minimum atomic E-state index is -2.05. The summed E-state index contributed by atoms with van der Waals surface area (Å²) in [5, 5.41) is 24.3. The molecule has 3 aliphatic rings. The maximum atomic E-state index is 13.6. The van der Waals surface area contributed by atoms with Crippen LogP contribution >= 0.6 is 0 Å². The summed E-state index contributed by atoms with van der Waals surface area (Å²) < 4.78 is 35.3. The number of ether oxygens (including phenoxy) is 5. The molecule has 8 atom stereocenters. The van der Waals surface area contributed by atoms with Crippen molar-refractivity contribution in [1.82, 2.24) is 0 Å². The van der Waals surface area contributed by atoms with E-state index in [9.17, 15) is 29.4 Å². The molecule has 2 N–H and O–H groups in total. The monoisotopic (exact) mass is 626 g/mol. The van der Waals surface area contributed by atoms with E-state index in [1.807, 2.05) is 6.07 Å². The Labute approximate surface area is 260 Å². The predicted molar refractivity (Wildman–Crippen MR) is 155 cm³/mol. The van der Waals surface area contributed by atoms with Crippen LogP contribution in [0.1, 0.15) is 63.4 Å². The van der Waals surface area contributed by atoms with Gasteiger partial charge in [-0.2, -0.15) is 0 Å². The highest BCUT2D eigenvalue weighted by Crippen LogP contribution is 2.68. The maximum absolute atomic E-state index is 13.6. The first kappa shape index (κ1) is 32.4. The average Bonchev–Trinajstić information content (AvgIpc) is 3.56. The average molecular weight is 627 g/mol. The number of hydrogen-bond acceptors (Lipinski definition) is 12. The molecule has 12 nitrogen and oxygen atoms in total. The van der Waals surface area contributed by atoms with Crippen molar-refractivity contribution in [3.63, 3.8) is 0 Å². The van der Waals surface area contributed by atoms with Crippen molar-refractivity contribution >= 4 is 30.0 Å². The summed E-state index contributed by atoms with van der Waals surface area (Å²) in [6.45, 7) is 6.44. The molecule has 1 aromatic carbocycles. The Morgan fingerprint density at radius 1 is 1.00 bits per heavy atom. The smallest absolute Gasteiger partial charge is 0.341 e. The van der Waals surface area contributed by atoms with Gasteiger partial charge in [-0.15, -0.1) is 0 Å². The Morgan fingerprint density at radius 2 is 1.71 bits per heavy atom. The number of carbonyl (C=O) groups excluding carboxylic acids is 4. The van der Waals surface area contributed by atoms with Crippen molar-refractivity contribution in [2.75, 3.05) is 6.61 Å². The lowest BCUT2D eigenvalue weighted by Crippen LogP contribution is -2.83. The Bertz CT molecular complexity index is 1460. The standard InChI is InChI=1S/C33H38O12/c1-19(34)41-18-32-23(43-24(36)12-11-21-9-7-6-8-10-21)13-15-31(5,39)33(32)27(37)25(30(3,4)45-33)26(42-20(2)35)28(32)44-29(38)22-14-16-40-17-22/h6-12,14,16-17,23,25-28,37,39H,13,15,18H2,1-5H3/b12-11-/t23-,25+,26+,27+,28+,31-,32-,33-/m0/s1. The fraction of sp³-hybridized carbons (Fsp3) is 0.515. The van der Waals surface area contributed by atoms with Crippen molar-refractivity contribution in [2.45, 2.75) is 88.7 Å². The van der Waals surface area contributed by atoms with Gasteiger partial charge < -0.3 is 38.3 Å². The first-order chi connectivity index (χ1) is 21.2. The molecule has 2 aromatic rings. The van der Waals surface area contributed by atoms with Gasteiger partial charge in [0, 0.05) is 19.9 Å². The van der Waals surface area contributed by atoms with Crippen molar-refractivity contribution in [3.8, 4) is 0 Å². The van der Waals surface area contributed by atoms with Gasteiger partial charge in [-0.3, -0.25) is 9.59 Å². The van der Waals surface area contributed by atoms with E-state index in [0.717, 1.165) is 25.7 Å². The predicted octanol–water partition coefficient (Wildman–Crippen LogP) is 2.99. The van der Waals surface area contributed by atoms with Crippen molar-refractivity contribution in [3.05, 3.63) is 66.1 Å². The number of hydrogen-bond donors (Lipinski definition) is 2. The molecule has 2 aliphatic carbocycles. The van der Waals surface area contributed by atoms with Crippen LogP contribution in [-0.4, -0.2) is 81.9 Å². The summed E-state index contributed by atoms with van der Waals surface area (Å²) in [6.07, 6.45) is -0.627. The number of esters is 4. The van der Waals surface area contributed by atoms with Gasteiger partial charge >= 0.3 is 23.9 Å². The lowest BCUT2D eigenvalue weighted by Gasteiger charge is -2.65. The molecule has 12 heteroatoms. The van der Waals surface area contributed by atoms with E-state index in [-0.39, 0.29) is 18.4 Å². The molecule has 1 spiro atoms. The molecule has 242 valence electrons. The first-order valence-electron chi connectivity index (χ1n) is 14.7. The molecule has 1 aromatic heterocycles. The number of rotatable bonds is 8. The number of carbonyl (C=O) groups is 4. The van der Waals surface area contributed by atoms with Crippen LogP contribution in [-0.2, 0) is 38.1 Å². The lowest BCUT2D eigenvalue weighted by atomic mass is 9.46. The highest BCUT2D eigenvalue weighted by Gasteiger charge is 2.86. The van der Waals surface area contributed by atoms with Gasteiger partial charge in [-0.25, -0.2) is 9.59 Å². The summed E-state index contributed by atoms with van der Waals surface area (Å²) in [5.74, 6) is -4.21. The summed E-state index contributed by atoms with van der Waals surface area (Å²) in [5.41, 5.74) is -6.42. The zero-order valence-electron chi connectivity index (χ0n) is 25.8. The zero-order chi connectivity index (χ0) is 32.8. The van der Waals surface area contributed by atoms with Gasteiger partial charge in [-0.05, 0) is 51.3 Å². The summed E-state index contributed by atoms with van der Waals surface area (Å²) in [4.78, 5) is 51.9. The normalized spacial score (nSPS) is 34.9. The van der Waals surface area contributed by atoms with Gasteiger partial charge in [0.05, 0.1) is 35.1 Å². The van der Waals surface area contributed by atoms with Crippen LogP contribution in [0.3, 0.4) is 0 Å². The van der Waals surface area contributed by atoms with Crippen LogP contribution in [0.2, 0.25) is 0 Å². The number of aliphatic hydroxyl groups excluding tert-OH is 1. The molecule has 45 heavy (non-hydrogen) atoms. The van der Waals surface area contributed by atoms with E-state index in [2.05, 4.69) is 0 Å². The topological polar surface area (TPSA) is 168 Å². The van der Waals surface area contributed by atoms with Gasteiger partial charge in [0.1, 0.15) is 36.1 Å². The molecular formula is C33H38O12. The molecule has 2 saturated carbocycles. The van der Waals surface area contributed by atoms with E-state index in [4.69, 9.17) is 28.1 Å². The van der Waals surface area contributed by atoms with E-state index in [0.29, 0.717) is 0 Å². The second-order valence-corrected chi connectivity index (χ2v) is 12.6. The Balaban J connectivity index is 1.72. The molecule has 1 aliphatic heterocycles. The molecule has 2 bridgehead atoms. The van der Waals surface area contributed by atoms with Crippen molar-refractivity contribution in [2.24, 2.45) is 11.3 Å². The van der Waals surface area contributed by atoms with Crippen LogP contribution in [0.5, 0.6) is 0 Å². The molecule has 0 amide bonds. The van der Waals surface area contributed by atoms with Crippen molar-refractivity contribution < 1.29 is 57.5 Å². The molecular weight excluding hydrogens is 588 g/mol. The van der Waals surface area contributed by atoms with E-state index in [1.165, 1.54) is 25.3 Å². The summed E-state index contributed by atoms with van der Waals surface area (Å²) >= 11 is 0. The van der Waals surface area contributed by atoms with Gasteiger partial charge in [-0.1, -0.05) is 30.3 Å². The highest BCUT2D eigenvalue weighted by atomic mass is 16.6. The molecule has 3 fully saturated rings. The van der Waals surface area contributed by atoms with E-state index < -0.39 is 83.0 Å². The number of fused-ring (bicyclic) bond motifs is 1. The summed E-state index contributed by atoms with van der Waals surface area (Å²) in [7, 11) is 0. The van der Waals surface area contributed by atoms with Crippen molar-refractivity contribution in [1.29, 1.82) is 0 Å². The van der Waals surface area contributed by atoms with E-state index >= 15 is 0 Å². The fourth-order valence-corrected chi connectivity index (χ4v) is 7.66. The van der Waals surface area contributed by atoms with Crippen LogP contribution < -0.4 is 0 Å². The quantitative estimate of drug-likeness (QED) is 0.250. The van der Waals surface area contributed by atoms with Crippen LogP contribution in [0.25, 0.3) is 6.08 Å². The van der Waals surface area contributed by atoms with Gasteiger partial charge in [0.15, 0.2) is 6.10 Å². The zero-order valence-corrected chi connectivity index (χ0v) is 25.8. The van der Waals surface area contributed by atoms with Crippen LogP contribution in [0.15, 0.2) is 59.4 Å². The molecule has 2 heterocycles. The maximum Gasteiger partial charge on any atom is 0.341 e. The SMILES string of the molecule is CC(=O)OC[C@@]12[C@@H](OC(=O)/C=C\c3ccccc3)CC[C@](C)(O)[C@]13OC(C)(C)[C@H]([C@@H](OC(C)=O)[C@H]2OC(=O)c1ccoc1)[C@H]3O. The van der Waals surface area contributed by atoms with Crippen LogP contribution in [0, 0.1) is 11.3 Å².